The first-order chi connectivity index (χ1) is 11.1. The van der Waals surface area contributed by atoms with Crippen molar-refractivity contribution in [2.75, 3.05) is 7.11 Å². The van der Waals surface area contributed by atoms with E-state index in [0.717, 1.165) is 5.56 Å². The molecule has 1 atom stereocenters. The van der Waals surface area contributed by atoms with Gasteiger partial charge in [0, 0.05) is 13.3 Å². The number of rotatable bonds is 3. The number of nitrogens with zero attached hydrogens (tertiary/aromatic N) is 3. The first-order valence-corrected chi connectivity index (χ1v) is 8.75. The topological polar surface area (TPSA) is 37.2 Å². The lowest BCUT2D eigenvalue weighted by Crippen LogP contribution is -2.47. The molecular formula is C14H11Cl6N3O. The second-order valence-electron chi connectivity index (χ2n) is 4.58. The summed E-state index contributed by atoms with van der Waals surface area (Å²) in [6.07, 6.45) is 2.51. The summed E-state index contributed by atoms with van der Waals surface area (Å²) in [5, 5.41) is 0. The lowest BCUT2D eigenvalue weighted by molar-refractivity contribution is 0.0348. The molecule has 0 fully saturated rings. The van der Waals surface area contributed by atoms with Crippen molar-refractivity contribution in [1.29, 1.82) is 0 Å². The Labute approximate surface area is 169 Å². The molecule has 0 aliphatic carbocycles. The normalized spacial score (nSPS) is 19.5. The number of hydrogen-bond acceptors (Lipinski definition) is 4. The van der Waals surface area contributed by atoms with Crippen molar-refractivity contribution in [2.45, 2.75) is 13.9 Å². The van der Waals surface area contributed by atoms with Crippen LogP contribution >= 0.6 is 69.6 Å². The molecule has 0 aromatic heterocycles. The third kappa shape index (κ3) is 5.15. The van der Waals surface area contributed by atoms with Crippen LogP contribution in [0.4, 0.5) is 0 Å². The Morgan fingerprint density at radius 1 is 1.04 bits per heavy atom. The maximum atomic E-state index is 6.01. The fourth-order valence-corrected chi connectivity index (χ4v) is 2.54. The molecule has 1 unspecified atom stereocenters. The first-order valence-electron chi connectivity index (χ1n) is 6.48. The number of alkyl halides is 6. The van der Waals surface area contributed by atoms with E-state index in [1.165, 1.54) is 12.0 Å². The minimum Gasteiger partial charge on any atom is -0.342 e. The van der Waals surface area contributed by atoms with Gasteiger partial charge in [-0.05, 0) is 11.6 Å². The molecule has 1 aromatic carbocycles. The Morgan fingerprint density at radius 3 is 2.17 bits per heavy atom. The van der Waals surface area contributed by atoms with Gasteiger partial charge in [0.2, 0.25) is 13.9 Å². The zero-order valence-electron chi connectivity index (χ0n) is 12.1. The summed E-state index contributed by atoms with van der Waals surface area (Å²) in [4.78, 5) is 9.67. The molecule has 1 aliphatic rings. The van der Waals surface area contributed by atoms with E-state index in [1.807, 2.05) is 30.3 Å². The van der Waals surface area contributed by atoms with Gasteiger partial charge in [0.05, 0.1) is 0 Å². The summed E-state index contributed by atoms with van der Waals surface area (Å²) in [6.45, 7) is 0. The third-order valence-corrected chi connectivity index (χ3v) is 3.89. The molecule has 130 valence electrons. The lowest BCUT2D eigenvalue weighted by Gasteiger charge is -2.34. The maximum Gasteiger partial charge on any atom is 0.249 e. The number of benzene rings is 1. The highest BCUT2D eigenvalue weighted by Gasteiger charge is 2.42. The van der Waals surface area contributed by atoms with Crippen LogP contribution in [-0.2, 0) is 4.74 Å². The van der Waals surface area contributed by atoms with Gasteiger partial charge < -0.3 is 4.74 Å². The van der Waals surface area contributed by atoms with Crippen molar-refractivity contribution in [3.8, 4) is 0 Å². The molecule has 1 aromatic rings. The molecule has 0 spiro atoms. The molecule has 0 N–H and O–H groups in total. The highest BCUT2D eigenvalue weighted by molar-refractivity contribution is 6.79. The molecule has 0 amide bonds. The summed E-state index contributed by atoms with van der Waals surface area (Å²) >= 11 is 35.6. The molecule has 10 heteroatoms. The average molecular weight is 450 g/mol. The van der Waals surface area contributed by atoms with Gasteiger partial charge in [0.15, 0.2) is 11.7 Å². The van der Waals surface area contributed by atoms with Crippen LogP contribution in [0, 0.1) is 0 Å². The quantitative estimate of drug-likeness (QED) is 0.576. The highest BCUT2D eigenvalue weighted by Crippen LogP contribution is 2.37. The number of aliphatic imine (C=N–C) groups is 2. The van der Waals surface area contributed by atoms with Gasteiger partial charge in [0.1, 0.15) is 0 Å². The van der Waals surface area contributed by atoms with Crippen molar-refractivity contribution in [1.82, 2.24) is 4.90 Å². The summed E-state index contributed by atoms with van der Waals surface area (Å²) in [7, 11) is 1.43. The smallest absolute Gasteiger partial charge is 0.249 e. The number of halogens is 6. The van der Waals surface area contributed by atoms with Crippen LogP contribution in [-0.4, -0.2) is 37.6 Å². The van der Waals surface area contributed by atoms with E-state index in [4.69, 9.17) is 74.3 Å². The van der Waals surface area contributed by atoms with Crippen LogP contribution in [0.5, 0.6) is 0 Å². The number of methoxy groups -OCH3 is 1. The predicted molar refractivity (Wildman–Crippen MR) is 104 cm³/mol. The van der Waals surface area contributed by atoms with E-state index in [0.29, 0.717) is 0 Å². The van der Waals surface area contributed by atoms with Gasteiger partial charge in [-0.2, -0.15) is 0 Å². The average Bonchev–Trinajstić information content (AvgIpc) is 2.51. The Hall–Kier alpha value is -0.200. The molecule has 2 rings (SSSR count). The molecule has 4 nitrogen and oxygen atoms in total. The van der Waals surface area contributed by atoms with Crippen LogP contribution in [0.2, 0.25) is 0 Å². The Kier molecular flexibility index (Phi) is 6.71. The van der Waals surface area contributed by atoms with Crippen LogP contribution in [0.1, 0.15) is 5.56 Å². The van der Waals surface area contributed by atoms with E-state index < -0.39 is 13.9 Å². The van der Waals surface area contributed by atoms with Crippen LogP contribution in [0.15, 0.2) is 46.5 Å². The second-order valence-corrected chi connectivity index (χ2v) is 9.14. The molecule has 0 radical (unpaired) electrons. The fourth-order valence-electron chi connectivity index (χ4n) is 1.85. The molecule has 0 saturated heterocycles. The Morgan fingerprint density at radius 2 is 1.67 bits per heavy atom. The van der Waals surface area contributed by atoms with Gasteiger partial charge in [-0.25, -0.2) is 9.98 Å². The molecular weight excluding hydrogens is 439 g/mol. The molecule has 0 bridgehead atoms. The van der Waals surface area contributed by atoms with E-state index in [2.05, 4.69) is 9.98 Å². The minimum atomic E-state index is -1.88. The lowest BCUT2D eigenvalue weighted by atomic mass is 10.2. The molecule has 0 saturated carbocycles. The van der Waals surface area contributed by atoms with Crippen LogP contribution in [0.3, 0.4) is 0 Å². The monoisotopic (exact) mass is 447 g/mol. The van der Waals surface area contributed by atoms with Crippen molar-refractivity contribution in [2.24, 2.45) is 9.98 Å². The summed E-state index contributed by atoms with van der Waals surface area (Å²) in [5.74, 6) is -0.132. The fraction of sp³-hybridized carbons (Fsp3) is 0.286. The van der Waals surface area contributed by atoms with Crippen molar-refractivity contribution in [3.63, 3.8) is 0 Å². The van der Waals surface area contributed by atoms with Gasteiger partial charge in [-0.1, -0.05) is 99.9 Å². The van der Waals surface area contributed by atoms with Crippen molar-refractivity contribution >= 4 is 87.4 Å². The summed E-state index contributed by atoms with van der Waals surface area (Å²) < 4.78 is 1.54. The van der Waals surface area contributed by atoms with Crippen molar-refractivity contribution in [3.05, 3.63) is 42.1 Å². The summed E-state index contributed by atoms with van der Waals surface area (Å²) in [6, 6.07) is 9.51. The van der Waals surface area contributed by atoms with Crippen LogP contribution in [0.25, 0.3) is 6.08 Å². The predicted octanol–water partition coefficient (Wildman–Crippen LogP) is 5.44. The minimum absolute atomic E-state index is 0.00264. The van der Waals surface area contributed by atoms with Gasteiger partial charge in [-0.15, -0.1) is 0 Å². The Bertz CT molecular complexity index is 663. The van der Waals surface area contributed by atoms with E-state index in [1.54, 1.807) is 12.3 Å². The van der Waals surface area contributed by atoms with Gasteiger partial charge >= 0.3 is 0 Å². The molecule has 1 heterocycles. The van der Waals surface area contributed by atoms with Gasteiger partial charge in [0.25, 0.3) is 0 Å². The Balaban J connectivity index is 2.43. The maximum absolute atomic E-state index is 6.01. The largest absolute Gasteiger partial charge is 0.342 e. The number of ether oxygens (including phenoxy) is 1. The third-order valence-electron chi connectivity index (χ3n) is 2.87. The van der Waals surface area contributed by atoms with Gasteiger partial charge in [-0.3, -0.25) is 4.90 Å². The van der Waals surface area contributed by atoms with Crippen molar-refractivity contribution < 1.29 is 4.74 Å². The highest BCUT2D eigenvalue weighted by atomic mass is 35.6. The zero-order valence-corrected chi connectivity index (χ0v) is 16.7. The number of amidine groups is 2. The first kappa shape index (κ1) is 20.1. The molecule has 24 heavy (non-hydrogen) atoms. The zero-order chi connectivity index (χ0) is 18.0. The van der Waals surface area contributed by atoms with E-state index in [9.17, 15) is 0 Å². The van der Waals surface area contributed by atoms with E-state index >= 15 is 0 Å². The summed E-state index contributed by atoms with van der Waals surface area (Å²) in [5.41, 5.74) is 0.923. The van der Waals surface area contributed by atoms with Crippen LogP contribution < -0.4 is 0 Å². The SMILES string of the molecule is COC1N=C(C(Cl)(Cl)Cl)N=C(C(Cl)(Cl)Cl)N1C=Cc1ccccc1. The second kappa shape index (κ2) is 8.00. The number of hydrogen-bond donors (Lipinski definition) is 0. The molecule has 1 aliphatic heterocycles. The standard InChI is InChI=1S/C14H11Cl6N3O/c1-24-12-22-10(13(15,16)17)21-11(14(18,19)20)23(12)8-7-9-5-3-2-4-6-9/h2-8,12H,1H3. The van der Waals surface area contributed by atoms with E-state index in [-0.39, 0.29) is 11.7 Å².